The Bertz CT molecular complexity index is 596. The van der Waals surface area contributed by atoms with Gasteiger partial charge in [-0.2, -0.15) is 0 Å². The highest BCUT2D eigenvalue weighted by Crippen LogP contribution is 2.38. The largest absolute Gasteiger partial charge is 0.383 e. The number of nitrogens with zero attached hydrogens (tertiary/aromatic N) is 2. The first-order valence-corrected chi connectivity index (χ1v) is 6.77. The minimum Gasteiger partial charge on any atom is -0.383 e. The number of rotatable bonds is 5. The molecule has 6 nitrogen and oxygen atoms in total. The van der Waals surface area contributed by atoms with Crippen LogP contribution in [0.1, 0.15) is 39.5 Å². The standard InChI is InChI=1S/C13H22N4O2/c1-4-5-8-17-10(14)9(15-13(2)6-7-13)11(18)16(3)12(17)19/h15H,4-8,14H2,1-3H3. The van der Waals surface area contributed by atoms with Crippen molar-refractivity contribution >= 4 is 11.5 Å². The van der Waals surface area contributed by atoms with Crippen LogP contribution in [-0.2, 0) is 13.6 Å². The molecule has 0 aromatic carbocycles. The first kappa shape index (κ1) is 13.7. The van der Waals surface area contributed by atoms with Crippen LogP contribution in [0.2, 0.25) is 0 Å². The van der Waals surface area contributed by atoms with Crippen LogP contribution >= 0.6 is 0 Å². The molecule has 0 aliphatic heterocycles. The van der Waals surface area contributed by atoms with E-state index < -0.39 is 0 Å². The monoisotopic (exact) mass is 266 g/mol. The van der Waals surface area contributed by atoms with Gasteiger partial charge in [-0.15, -0.1) is 0 Å². The highest BCUT2D eigenvalue weighted by molar-refractivity contribution is 5.62. The van der Waals surface area contributed by atoms with E-state index in [1.807, 2.05) is 13.8 Å². The molecule has 19 heavy (non-hydrogen) atoms. The minimum absolute atomic E-state index is 0.0483. The summed E-state index contributed by atoms with van der Waals surface area (Å²) >= 11 is 0. The van der Waals surface area contributed by atoms with E-state index in [4.69, 9.17) is 5.73 Å². The molecule has 1 aromatic rings. The Kier molecular flexibility index (Phi) is 3.43. The number of nitrogen functional groups attached to an aromatic ring is 1. The third-order valence-electron chi connectivity index (χ3n) is 3.75. The summed E-state index contributed by atoms with van der Waals surface area (Å²) in [6, 6.07) is 0. The molecular weight excluding hydrogens is 244 g/mol. The van der Waals surface area contributed by atoms with Crippen LogP contribution in [0.15, 0.2) is 9.59 Å². The van der Waals surface area contributed by atoms with E-state index >= 15 is 0 Å². The number of unbranched alkanes of at least 4 members (excludes halogenated alkanes) is 1. The lowest BCUT2D eigenvalue weighted by molar-refractivity contribution is 0.574. The Morgan fingerprint density at radius 3 is 2.53 bits per heavy atom. The van der Waals surface area contributed by atoms with Crippen molar-refractivity contribution in [2.24, 2.45) is 7.05 Å². The molecule has 0 atom stereocenters. The highest BCUT2D eigenvalue weighted by Gasteiger charge is 2.38. The molecule has 0 unspecified atom stereocenters. The van der Waals surface area contributed by atoms with Gasteiger partial charge < -0.3 is 11.1 Å². The molecule has 0 bridgehead atoms. The summed E-state index contributed by atoms with van der Waals surface area (Å²) in [6.45, 7) is 4.64. The molecule has 6 heteroatoms. The molecule has 1 heterocycles. The zero-order chi connectivity index (χ0) is 14.2. The Morgan fingerprint density at radius 1 is 1.37 bits per heavy atom. The Labute approximate surface area is 112 Å². The molecule has 1 aliphatic rings. The summed E-state index contributed by atoms with van der Waals surface area (Å²) in [5.74, 6) is 0.259. The summed E-state index contributed by atoms with van der Waals surface area (Å²) < 4.78 is 2.61. The zero-order valence-corrected chi connectivity index (χ0v) is 11.8. The van der Waals surface area contributed by atoms with E-state index in [0.717, 1.165) is 30.3 Å². The fraction of sp³-hybridized carbons (Fsp3) is 0.692. The summed E-state index contributed by atoms with van der Waals surface area (Å²) in [6.07, 6.45) is 3.86. The van der Waals surface area contributed by atoms with Gasteiger partial charge in [-0.1, -0.05) is 13.3 Å². The van der Waals surface area contributed by atoms with Gasteiger partial charge in [0.25, 0.3) is 5.56 Å². The molecule has 0 amide bonds. The minimum atomic E-state index is -0.345. The number of aromatic nitrogens is 2. The SMILES string of the molecule is CCCCn1c(N)c(NC2(C)CC2)c(=O)n(C)c1=O. The van der Waals surface area contributed by atoms with E-state index in [-0.39, 0.29) is 22.6 Å². The molecule has 1 fully saturated rings. The zero-order valence-electron chi connectivity index (χ0n) is 11.8. The van der Waals surface area contributed by atoms with Crippen LogP contribution in [0.25, 0.3) is 0 Å². The average Bonchev–Trinajstić information content (AvgIpc) is 3.11. The van der Waals surface area contributed by atoms with Crippen molar-refractivity contribution in [2.75, 3.05) is 11.1 Å². The number of anilines is 2. The van der Waals surface area contributed by atoms with Crippen molar-refractivity contribution in [2.45, 2.75) is 51.6 Å². The van der Waals surface area contributed by atoms with Crippen LogP contribution in [0.3, 0.4) is 0 Å². The smallest absolute Gasteiger partial charge is 0.332 e. The number of nitrogens with one attached hydrogen (secondary N) is 1. The lowest BCUT2D eigenvalue weighted by Crippen LogP contribution is -2.41. The quantitative estimate of drug-likeness (QED) is 0.829. The summed E-state index contributed by atoms with van der Waals surface area (Å²) in [5, 5.41) is 3.20. The highest BCUT2D eigenvalue weighted by atomic mass is 16.2. The third-order valence-corrected chi connectivity index (χ3v) is 3.75. The van der Waals surface area contributed by atoms with Gasteiger partial charge in [-0.05, 0) is 26.2 Å². The lowest BCUT2D eigenvalue weighted by atomic mass is 10.3. The molecule has 1 aromatic heterocycles. The van der Waals surface area contributed by atoms with Gasteiger partial charge in [-0.25, -0.2) is 4.79 Å². The van der Waals surface area contributed by atoms with Crippen LogP contribution in [0, 0.1) is 0 Å². The normalized spacial score (nSPS) is 16.4. The molecule has 1 saturated carbocycles. The van der Waals surface area contributed by atoms with E-state index in [9.17, 15) is 9.59 Å². The van der Waals surface area contributed by atoms with Crippen LogP contribution in [-0.4, -0.2) is 14.7 Å². The Hall–Kier alpha value is -1.72. The molecule has 0 radical (unpaired) electrons. The predicted octanol–water partition coefficient (Wildman–Crippen LogP) is 0.894. The van der Waals surface area contributed by atoms with Crippen molar-refractivity contribution in [3.8, 4) is 0 Å². The number of nitrogens with two attached hydrogens (primary N) is 1. The van der Waals surface area contributed by atoms with Gasteiger partial charge in [0.2, 0.25) is 0 Å². The van der Waals surface area contributed by atoms with Crippen molar-refractivity contribution in [1.82, 2.24) is 9.13 Å². The maximum absolute atomic E-state index is 12.1. The van der Waals surface area contributed by atoms with E-state index in [2.05, 4.69) is 5.32 Å². The van der Waals surface area contributed by atoms with E-state index in [1.54, 1.807) is 0 Å². The van der Waals surface area contributed by atoms with Crippen LogP contribution in [0.4, 0.5) is 11.5 Å². The van der Waals surface area contributed by atoms with E-state index in [1.165, 1.54) is 11.6 Å². The fourth-order valence-corrected chi connectivity index (χ4v) is 2.05. The number of hydrogen-bond donors (Lipinski definition) is 2. The van der Waals surface area contributed by atoms with Crippen molar-refractivity contribution < 1.29 is 0 Å². The van der Waals surface area contributed by atoms with E-state index in [0.29, 0.717) is 12.2 Å². The first-order chi connectivity index (χ1) is 8.89. The molecule has 106 valence electrons. The second-order valence-corrected chi connectivity index (χ2v) is 5.60. The molecule has 0 spiro atoms. The van der Waals surface area contributed by atoms with Crippen molar-refractivity contribution in [3.63, 3.8) is 0 Å². The summed E-state index contributed by atoms with van der Waals surface area (Å²) in [4.78, 5) is 24.2. The van der Waals surface area contributed by atoms with Gasteiger partial charge in [-0.3, -0.25) is 13.9 Å². The summed E-state index contributed by atoms with van der Waals surface area (Å²) in [5.41, 5.74) is 5.64. The molecule has 2 rings (SSSR count). The third kappa shape index (κ3) is 2.52. The maximum Gasteiger partial charge on any atom is 0.332 e. The Balaban J connectivity index is 2.50. The second-order valence-electron chi connectivity index (χ2n) is 5.60. The maximum atomic E-state index is 12.1. The van der Waals surface area contributed by atoms with Gasteiger partial charge in [0, 0.05) is 19.1 Å². The first-order valence-electron chi connectivity index (χ1n) is 6.77. The van der Waals surface area contributed by atoms with Crippen LogP contribution in [0.5, 0.6) is 0 Å². The lowest BCUT2D eigenvalue weighted by Gasteiger charge is -2.18. The predicted molar refractivity (Wildman–Crippen MR) is 76.5 cm³/mol. The summed E-state index contributed by atoms with van der Waals surface area (Å²) in [7, 11) is 1.49. The van der Waals surface area contributed by atoms with Crippen molar-refractivity contribution in [1.29, 1.82) is 0 Å². The molecule has 1 aliphatic carbocycles. The van der Waals surface area contributed by atoms with Crippen molar-refractivity contribution in [3.05, 3.63) is 20.8 Å². The van der Waals surface area contributed by atoms with Gasteiger partial charge in [0.15, 0.2) is 0 Å². The number of hydrogen-bond acceptors (Lipinski definition) is 4. The molecule has 0 saturated heterocycles. The molecule has 3 N–H and O–H groups in total. The Morgan fingerprint density at radius 2 is 2.00 bits per heavy atom. The van der Waals surface area contributed by atoms with Gasteiger partial charge in [0.1, 0.15) is 11.5 Å². The second kappa shape index (κ2) is 4.75. The van der Waals surface area contributed by atoms with Gasteiger partial charge >= 0.3 is 5.69 Å². The topological polar surface area (TPSA) is 82.0 Å². The average molecular weight is 266 g/mol. The van der Waals surface area contributed by atoms with Gasteiger partial charge in [0.05, 0.1) is 0 Å². The fourth-order valence-electron chi connectivity index (χ4n) is 2.05. The molecular formula is C13H22N4O2. The van der Waals surface area contributed by atoms with Crippen LogP contribution < -0.4 is 22.3 Å².